The highest BCUT2D eigenvalue weighted by Gasteiger charge is 2.47. The van der Waals surface area contributed by atoms with Crippen LogP contribution in [0.3, 0.4) is 0 Å². The van der Waals surface area contributed by atoms with Crippen LogP contribution in [0.1, 0.15) is 19.3 Å². The summed E-state index contributed by atoms with van der Waals surface area (Å²) >= 11 is 0. The molecule has 82 valence electrons. The van der Waals surface area contributed by atoms with Crippen LogP contribution in [0.5, 0.6) is 0 Å². The third-order valence-electron chi connectivity index (χ3n) is 3.54. The van der Waals surface area contributed by atoms with Crippen molar-refractivity contribution in [2.75, 3.05) is 40.0 Å². The predicted octanol–water partition coefficient (Wildman–Crippen LogP) is 1.04. The Kier molecular flexibility index (Phi) is 3.42. The lowest BCUT2D eigenvalue weighted by Gasteiger charge is -2.27. The van der Waals surface area contributed by atoms with Crippen LogP contribution in [0.2, 0.25) is 0 Å². The van der Waals surface area contributed by atoms with Crippen LogP contribution in [-0.4, -0.2) is 40.0 Å². The molecule has 2 aliphatic rings. The highest BCUT2D eigenvalue weighted by atomic mass is 16.5. The monoisotopic (exact) mass is 199 g/mol. The van der Waals surface area contributed by atoms with E-state index in [1.54, 1.807) is 7.11 Å². The van der Waals surface area contributed by atoms with Crippen molar-refractivity contribution in [1.29, 1.82) is 0 Å². The largest absolute Gasteiger partial charge is 0.383 e. The molecule has 1 N–H and O–H groups in total. The zero-order valence-corrected chi connectivity index (χ0v) is 9.05. The summed E-state index contributed by atoms with van der Waals surface area (Å²) in [6.07, 6.45) is 4.07. The molecule has 0 aromatic heterocycles. The van der Waals surface area contributed by atoms with E-state index in [1.807, 2.05) is 0 Å². The molecule has 2 fully saturated rings. The lowest BCUT2D eigenvalue weighted by molar-refractivity contribution is 0.132. The molecule has 1 unspecified atom stereocenters. The standard InChI is InChI=1S/C11H21NO2/c1-13-7-5-12-8-11(10-2-3-10)4-6-14-9-11/h10,12H,2-9H2,1H3. The van der Waals surface area contributed by atoms with Crippen molar-refractivity contribution in [3.8, 4) is 0 Å². The zero-order valence-electron chi connectivity index (χ0n) is 9.05. The van der Waals surface area contributed by atoms with E-state index in [2.05, 4.69) is 5.32 Å². The van der Waals surface area contributed by atoms with Gasteiger partial charge in [-0.25, -0.2) is 0 Å². The van der Waals surface area contributed by atoms with Crippen molar-refractivity contribution in [3.05, 3.63) is 0 Å². The molecule has 0 spiro atoms. The highest BCUT2D eigenvalue weighted by molar-refractivity contribution is 4.97. The van der Waals surface area contributed by atoms with E-state index in [-0.39, 0.29) is 0 Å². The fraction of sp³-hybridized carbons (Fsp3) is 1.00. The Labute approximate surface area is 86.2 Å². The summed E-state index contributed by atoms with van der Waals surface area (Å²) in [7, 11) is 1.75. The molecule has 0 aromatic carbocycles. The SMILES string of the molecule is COCCNCC1(C2CC2)CCOC1. The first kappa shape index (κ1) is 10.4. The van der Waals surface area contributed by atoms with Gasteiger partial charge in [0.05, 0.1) is 13.2 Å². The molecule has 14 heavy (non-hydrogen) atoms. The molecule has 1 aliphatic heterocycles. The van der Waals surface area contributed by atoms with Gasteiger partial charge in [-0.2, -0.15) is 0 Å². The molecule has 1 aliphatic carbocycles. The molecule has 0 amide bonds. The Morgan fingerprint density at radius 3 is 2.93 bits per heavy atom. The maximum Gasteiger partial charge on any atom is 0.0587 e. The van der Waals surface area contributed by atoms with Gasteiger partial charge in [-0.3, -0.25) is 0 Å². The van der Waals surface area contributed by atoms with Crippen LogP contribution in [0.15, 0.2) is 0 Å². The fourth-order valence-corrected chi connectivity index (χ4v) is 2.44. The van der Waals surface area contributed by atoms with Gasteiger partial charge in [-0.1, -0.05) is 0 Å². The molecule has 1 saturated carbocycles. The maximum absolute atomic E-state index is 5.55. The second kappa shape index (κ2) is 4.60. The van der Waals surface area contributed by atoms with Gasteiger partial charge >= 0.3 is 0 Å². The quantitative estimate of drug-likeness (QED) is 0.648. The van der Waals surface area contributed by atoms with E-state index in [1.165, 1.54) is 19.3 Å². The van der Waals surface area contributed by atoms with Gasteiger partial charge in [0.1, 0.15) is 0 Å². The van der Waals surface area contributed by atoms with Crippen molar-refractivity contribution in [2.24, 2.45) is 11.3 Å². The predicted molar refractivity (Wildman–Crippen MR) is 55.3 cm³/mol. The normalized spacial score (nSPS) is 32.4. The molecule has 1 atom stereocenters. The van der Waals surface area contributed by atoms with E-state index in [9.17, 15) is 0 Å². The summed E-state index contributed by atoms with van der Waals surface area (Å²) in [5.41, 5.74) is 0.466. The first-order valence-electron chi connectivity index (χ1n) is 5.65. The number of rotatable bonds is 6. The molecule has 3 heteroatoms. The van der Waals surface area contributed by atoms with Gasteiger partial charge in [0.25, 0.3) is 0 Å². The van der Waals surface area contributed by atoms with Crippen LogP contribution in [0.25, 0.3) is 0 Å². The van der Waals surface area contributed by atoms with Gasteiger partial charge in [-0.15, -0.1) is 0 Å². The van der Waals surface area contributed by atoms with E-state index >= 15 is 0 Å². The molecule has 0 radical (unpaired) electrons. The highest BCUT2D eigenvalue weighted by Crippen LogP contribution is 2.49. The number of hydrogen-bond donors (Lipinski definition) is 1. The summed E-state index contributed by atoms with van der Waals surface area (Å²) in [5, 5.41) is 3.49. The summed E-state index contributed by atoms with van der Waals surface area (Å²) in [6, 6.07) is 0. The number of nitrogens with one attached hydrogen (secondary N) is 1. The Balaban J connectivity index is 1.74. The number of ether oxygens (including phenoxy) is 2. The van der Waals surface area contributed by atoms with Crippen LogP contribution in [0, 0.1) is 11.3 Å². The number of hydrogen-bond acceptors (Lipinski definition) is 3. The lowest BCUT2D eigenvalue weighted by Crippen LogP contribution is -2.38. The van der Waals surface area contributed by atoms with E-state index in [0.717, 1.165) is 38.8 Å². The Hall–Kier alpha value is -0.120. The molecule has 2 rings (SSSR count). The van der Waals surface area contributed by atoms with E-state index in [4.69, 9.17) is 9.47 Å². The van der Waals surface area contributed by atoms with Crippen LogP contribution >= 0.6 is 0 Å². The maximum atomic E-state index is 5.55. The van der Waals surface area contributed by atoms with Crippen LogP contribution in [-0.2, 0) is 9.47 Å². The van der Waals surface area contributed by atoms with Gasteiger partial charge in [-0.05, 0) is 25.2 Å². The van der Waals surface area contributed by atoms with Crippen molar-refractivity contribution in [2.45, 2.75) is 19.3 Å². The van der Waals surface area contributed by atoms with Crippen LogP contribution in [0.4, 0.5) is 0 Å². The molecule has 3 nitrogen and oxygen atoms in total. The van der Waals surface area contributed by atoms with Gasteiger partial charge in [0.15, 0.2) is 0 Å². The third kappa shape index (κ3) is 2.27. The molecule has 1 saturated heterocycles. The van der Waals surface area contributed by atoms with Crippen molar-refractivity contribution in [3.63, 3.8) is 0 Å². The molecule has 1 heterocycles. The minimum Gasteiger partial charge on any atom is -0.383 e. The second-order valence-electron chi connectivity index (χ2n) is 4.61. The zero-order chi connectivity index (χ0) is 9.86. The minimum atomic E-state index is 0.466. The summed E-state index contributed by atoms with van der Waals surface area (Å²) in [4.78, 5) is 0. The third-order valence-corrected chi connectivity index (χ3v) is 3.54. The van der Waals surface area contributed by atoms with Crippen LogP contribution < -0.4 is 5.32 Å². The topological polar surface area (TPSA) is 30.5 Å². The van der Waals surface area contributed by atoms with E-state index in [0.29, 0.717) is 5.41 Å². The van der Waals surface area contributed by atoms with Crippen molar-refractivity contribution >= 4 is 0 Å². The summed E-state index contributed by atoms with van der Waals surface area (Å²) in [6.45, 7) is 4.81. The van der Waals surface area contributed by atoms with Gasteiger partial charge in [0, 0.05) is 32.2 Å². The molecular weight excluding hydrogens is 178 g/mol. The van der Waals surface area contributed by atoms with Crippen molar-refractivity contribution < 1.29 is 9.47 Å². The van der Waals surface area contributed by atoms with Gasteiger partial charge in [0.2, 0.25) is 0 Å². The van der Waals surface area contributed by atoms with Crippen molar-refractivity contribution in [1.82, 2.24) is 5.32 Å². The summed E-state index contributed by atoms with van der Waals surface area (Å²) in [5.74, 6) is 0.931. The summed E-state index contributed by atoms with van der Waals surface area (Å²) < 4.78 is 10.6. The fourth-order valence-electron chi connectivity index (χ4n) is 2.44. The average molecular weight is 199 g/mol. The first-order chi connectivity index (χ1) is 6.87. The average Bonchev–Trinajstić information content (AvgIpc) is 2.96. The van der Waals surface area contributed by atoms with Gasteiger partial charge < -0.3 is 14.8 Å². The Bertz CT molecular complexity index is 174. The first-order valence-corrected chi connectivity index (χ1v) is 5.65. The lowest BCUT2D eigenvalue weighted by atomic mass is 9.82. The Morgan fingerprint density at radius 2 is 2.36 bits per heavy atom. The van der Waals surface area contributed by atoms with E-state index < -0.39 is 0 Å². The smallest absolute Gasteiger partial charge is 0.0587 e. The Morgan fingerprint density at radius 1 is 1.50 bits per heavy atom. The second-order valence-corrected chi connectivity index (χ2v) is 4.61. The molecule has 0 bridgehead atoms. The molecule has 0 aromatic rings. The minimum absolute atomic E-state index is 0.466. The molecular formula is C11H21NO2. The number of methoxy groups -OCH3 is 1.